The van der Waals surface area contributed by atoms with Crippen LogP contribution in [0.25, 0.3) is 0 Å². The third-order valence-electron chi connectivity index (χ3n) is 2.44. The van der Waals surface area contributed by atoms with Crippen molar-refractivity contribution in [1.29, 1.82) is 0 Å². The van der Waals surface area contributed by atoms with E-state index in [1.54, 1.807) is 14.0 Å². The van der Waals surface area contributed by atoms with Gasteiger partial charge in [0.2, 0.25) is 0 Å². The molecule has 1 aromatic heterocycles. The molecule has 0 aliphatic heterocycles. The van der Waals surface area contributed by atoms with Gasteiger partial charge in [-0.25, -0.2) is 17.9 Å². The minimum atomic E-state index is -3.85. The average molecular weight is 305 g/mol. The number of rotatable bonds is 8. The second kappa shape index (κ2) is 7.36. The Bertz CT molecular complexity index is 540. The van der Waals surface area contributed by atoms with Gasteiger partial charge in [0.1, 0.15) is 5.56 Å². The molecule has 20 heavy (non-hydrogen) atoms. The molecule has 0 aromatic carbocycles. The van der Waals surface area contributed by atoms with Gasteiger partial charge in [-0.2, -0.15) is 5.10 Å². The molecule has 114 valence electrons. The molecule has 1 atom stereocenters. The smallest absolute Gasteiger partial charge is 0.342 e. The first-order chi connectivity index (χ1) is 9.42. The Balaban J connectivity index is 2.83. The molecule has 0 amide bonds. The summed E-state index contributed by atoms with van der Waals surface area (Å²) in [6.07, 6.45) is 1.13. The predicted octanol–water partition coefficient (Wildman–Crippen LogP) is 0.147. The van der Waals surface area contributed by atoms with Crippen LogP contribution in [0.5, 0.6) is 0 Å². The summed E-state index contributed by atoms with van der Waals surface area (Å²) in [6, 6.07) is 0. The second-order valence-corrected chi connectivity index (χ2v) is 5.95. The predicted molar refractivity (Wildman–Crippen MR) is 70.8 cm³/mol. The van der Waals surface area contributed by atoms with Crippen LogP contribution in [-0.4, -0.2) is 51.5 Å². The van der Waals surface area contributed by atoms with Gasteiger partial charge < -0.3 is 9.47 Å². The van der Waals surface area contributed by atoms with Crippen molar-refractivity contribution in [2.24, 2.45) is 5.92 Å². The number of aromatic nitrogens is 2. The summed E-state index contributed by atoms with van der Waals surface area (Å²) in [5, 5.41) is 5.60. The number of methoxy groups -OCH3 is 1. The van der Waals surface area contributed by atoms with Gasteiger partial charge in [0, 0.05) is 20.3 Å². The molecule has 8 nitrogen and oxygen atoms in total. The summed E-state index contributed by atoms with van der Waals surface area (Å²) in [4.78, 5) is 11.6. The third-order valence-corrected chi connectivity index (χ3v) is 3.84. The van der Waals surface area contributed by atoms with Gasteiger partial charge in [-0.1, -0.05) is 6.92 Å². The maximum Gasteiger partial charge on any atom is 0.342 e. The van der Waals surface area contributed by atoms with Gasteiger partial charge >= 0.3 is 5.97 Å². The number of hydrogen-bond donors (Lipinski definition) is 2. The molecule has 0 bridgehead atoms. The molecule has 1 rings (SSSR count). The summed E-state index contributed by atoms with van der Waals surface area (Å²) in [5.74, 6) is -0.727. The summed E-state index contributed by atoms with van der Waals surface area (Å²) in [5.41, 5.74) is -0.112. The highest BCUT2D eigenvalue weighted by Gasteiger charge is 2.26. The lowest BCUT2D eigenvalue weighted by atomic mass is 10.2. The number of H-pyrrole nitrogens is 1. The number of carbonyl (C=O) groups excluding carboxylic acids is 1. The second-order valence-electron chi connectivity index (χ2n) is 4.25. The van der Waals surface area contributed by atoms with E-state index in [1.165, 1.54) is 0 Å². The van der Waals surface area contributed by atoms with Crippen molar-refractivity contribution in [1.82, 2.24) is 14.9 Å². The molecule has 1 unspecified atom stereocenters. The van der Waals surface area contributed by atoms with Crippen molar-refractivity contribution in [3.8, 4) is 0 Å². The van der Waals surface area contributed by atoms with Crippen LogP contribution in [0.3, 0.4) is 0 Å². The topological polar surface area (TPSA) is 110 Å². The summed E-state index contributed by atoms with van der Waals surface area (Å²) in [7, 11) is -2.31. The standard InChI is InChI=1S/C11H19N3O5S/c1-4-19-11(15)9-6-12-14-10(9)20(16,17)13-5-8(2)7-18-3/h6,8,13H,4-5,7H2,1-3H3,(H,12,14). The van der Waals surface area contributed by atoms with Crippen molar-refractivity contribution in [2.75, 3.05) is 26.9 Å². The lowest BCUT2D eigenvalue weighted by Gasteiger charge is -2.11. The zero-order valence-corrected chi connectivity index (χ0v) is 12.5. The average Bonchev–Trinajstić information content (AvgIpc) is 2.87. The van der Waals surface area contributed by atoms with Gasteiger partial charge in [0.15, 0.2) is 5.03 Å². The van der Waals surface area contributed by atoms with Crippen molar-refractivity contribution >= 4 is 16.0 Å². The van der Waals surface area contributed by atoms with E-state index in [1.807, 2.05) is 6.92 Å². The van der Waals surface area contributed by atoms with E-state index >= 15 is 0 Å². The molecular weight excluding hydrogens is 286 g/mol. The number of hydrogen-bond acceptors (Lipinski definition) is 6. The van der Waals surface area contributed by atoms with Gasteiger partial charge in [-0.3, -0.25) is 5.10 Å². The van der Waals surface area contributed by atoms with E-state index < -0.39 is 16.0 Å². The van der Waals surface area contributed by atoms with Crippen molar-refractivity contribution in [3.63, 3.8) is 0 Å². The zero-order valence-electron chi connectivity index (χ0n) is 11.7. The number of carbonyl (C=O) groups is 1. The van der Waals surface area contributed by atoms with Crippen LogP contribution in [0, 0.1) is 5.92 Å². The van der Waals surface area contributed by atoms with E-state index in [-0.39, 0.29) is 29.7 Å². The highest BCUT2D eigenvalue weighted by atomic mass is 32.2. The fraction of sp³-hybridized carbons (Fsp3) is 0.636. The monoisotopic (exact) mass is 305 g/mol. The quantitative estimate of drug-likeness (QED) is 0.661. The first-order valence-corrected chi connectivity index (χ1v) is 7.59. The number of nitrogens with one attached hydrogen (secondary N) is 2. The normalized spacial score (nSPS) is 13.2. The molecule has 2 N–H and O–H groups in total. The SMILES string of the molecule is CCOC(=O)c1cn[nH]c1S(=O)(=O)NCC(C)COC. The number of nitrogens with zero attached hydrogens (tertiary/aromatic N) is 1. The van der Waals surface area contributed by atoms with Crippen LogP contribution in [0.1, 0.15) is 24.2 Å². The van der Waals surface area contributed by atoms with E-state index in [0.29, 0.717) is 6.61 Å². The highest BCUT2D eigenvalue weighted by molar-refractivity contribution is 7.89. The van der Waals surface area contributed by atoms with Gasteiger partial charge in [-0.05, 0) is 12.8 Å². The van der Waals surface area contributed by atoms with E-state index in [2.05, 4.69) is 14.9 Å². The van der Waals surface area contributed by atoms with Crippen LogP contribution in [0.15, 0.2) is 11.2 Å². The van der Waals surface area contributed by atoms with E-state index in [9.17, 15) is 13.2 Å². The van der Waals surface area contributed by atoms with Gasteiger partial charge in [-0.15, -0.1) is 0 Å². The maximum atomic E-state index is 12.1. The van der Waals surface area contributed by atoms with Crippen molar-refractivity contribution in [3.05, 3.63) is 11.8 Å². The summed E-state index contributed by atoms with van der Waals surface area (Å²) < 4.78 is 36.3. The van der Waals surface area contributed by atoms with Crippen molar-refractivity contribution < 1.29 is 22.7 Å². The third kappa shape index (κ3) is 4.29. The molecule has 0 spiro atoms. The number of aromatic amines is 1. The first-order valence-electron chi connectivity index (χ1n) is 6.11. The Morgan fingerprint density at radius 1 is 1.55 bits per heavy atom. The minimum absolute atomic E-state index is 0.00346. The fourth-order valence-corrected chi connectivity index (χ4v) is 2.75. The molecule has 0 saturated carbocycles. The molecule has 0 aliphatic carbocycles. The Morgan fingerprint density at radius 3 is 2.85 bits per heavy atom. The van der Waals surface area contributed by atoms with Crippen LogP contribution in [-0.2, 0) is 19.5 Å². The first kappa shape index (κ1) is 16.6. The fourth-order valence-electron chi connectivity index (χ4n) is 1.50. The van der Waals surface area contributed by atoms with Crippen LogP contribution < -0.4 is 4.72 Å². The molecule has 0 saturated heterocycles. The Kier molecular flexibility index (Phi) is 6.11. The molecule has 0 radical (unpaired) electrons. The number of sulfonamides is 1. The van der Waals surface area contributed by atoms with Crippen molar-refractivity contribution in [2.45, 2.75) is 18.9 Å². The largest absolute Gasteiger partial charge is 0.462 e. The number of ether oxygens (including phenoxy) is 2. The van der Waals surface area contributed by atoms with E-state index in [4.69, 9.17) is 9.47 Å². The molecule has 0 fully saturated rings. The van der Waals surface area contributed by atoms with Crippen LogP contribution in [0.4, 0.5) is 0 Å². The lowest BCUT2D eigenvalue weighted by Crippen LogP contribution is -2.31. The molecule has 9 heteroatoms. The highest BCUT2D eigenvalue weighted by Crippen LogP contribution is 2.13. The molecule has 0 aliphatic rings. The minimum Gasteiger partial charge on any atom is -0.462 e. The number of esters is 1. The van der Waals surface area contributed by atoms with Crippen LogP contribution >= 0.6 is 0 Å². The van der Waals surface area contributed by atoms with Crippen LogP contribution in [0.2, 0.25) is 0 Å². The maximum absolute atomic E-state index is 12.1. The van der Waals surface area contributed by atoms with E-state index in [0.717, 1.165) is 6.20 Å². The van der Waals surface area contributed by atoms with Gasteiger partial charge in [0.25, 0.3) is 10.0 Å². The Morgan fingerprint density at radius 2 is 2.25 bits per heavy atom. The summed E-state index contributed by atoms with van der Waals surface area (Å²) in [6.45, 7) is 4.25. The lowest BCUT2D eigenvalue weighted by molar-refractivity contribution is 0.0522. The van der Waals surface area contributed by atoms with Gasteiger partial charge in [0.05, 0.1) is 12.8 Å². The molecular formula is C11H19N3O5S. The Labute approximate surface area is 117 Å². The molecule has 1 heterocycles. The molecule has 1 aromatic rings. The zero-order chi connectivity index (χ0) is 15.2. The Hall–Kier alpha value is -1.45. The summed E-state index contributed by atoms with van der Waals surface area (Å²) >= 11 is 0.